The van der Waals surface area contributed by atoms with Crippen molar-refractivity contribution in [1.29, 1.82) is 0 Å². The van der Waals surface area contributed by atoms with Crippen molar-refractivity contribution in [3.05, 3.63) is 0 Å². The summed E-state index contributed by atoms with van der Waals surface area (Å²) in [6, 6.07) is 0. The molecular formula is C3H6ClNO. The van der Waals surface area contributed by atoms with Gasteiger partial charge in [0.1, 0.15) is 0 Å². The van der Waals surface area contributed by atoms with E-state index >= 15 is 0 Å². The summed E-state index contributed by atoms with van der Waals surface area (Å²) in [4.78, 5) is 0. The molecule has 0 fully saturated rings. The van der Waals surface area contributed by atoms with Crippen LogP contribution in [0, 0.1) is 0 Å². The third-order valence-corrected chi connectivity index (χ3v) is 0.751. The van der Waals surface area contributed by atoms with Crippen molar-refractivity contribution < 1.29 is 5.21 Å². The number of nitrogens with zero attached hydrogens (tertiary/aromatic N) is 1. The van der Waals surface area contributed by atoms with Crippen LogP contribution < -0.4 is 0 Å². The largest absolute Gasteiger partial charge is 0.411 e. The van der Waals surface area contributed by atoms with Crippen LogP contribution in [0.5, 0.6) is 0 Å². The van der Waals surface area contributed by atoms with E-state index in [1.165, 1.54) is 0 Å². The summed E-state index contributed by atoms with van der Waals surface area (Å²) < 4.78 is 0. The van der Waals surface area contributed by atoms with E-state index in [1.807, 2.05) is 0 Å². The smallest absolute Gasteiger partial charge is 0.0687 e. The third kappa shape index (κ3) is 2.03. The predicted molar refractivity (Wildman–Crippen MR) is 25.6 cm³/mol. The molecule has 0 aromatic heterocycles. The average molecular weight is 108 g/mol. The van der Waals surface area contributed by atoms with Crippen molar-refractivity contribution in [2.75, 3.05) is 5.88 Å². The molecule has 0 aliphatic heterocycles. The highest BCUT2D eigenvalue weighted by atomic mass is 35.5. The van der Waals surface area contributed by atoms with Crippen molar-refractivity contribution >= 4 is 17.3 Å². The molecule has 36 valence electrons. The SMILES string of the molecule is C/C(CCl)=N\O. The predicted octanol–water partition coefficient (Wildman–Crippen LogP) is 1.08. The molecule has 0 radical (unpaired) electrons. The van der Waals surface area contributed by atoms with E-state index in [2.05, 4.69) is 5.16 Å². The molecule has 0 aliphatic rings. The van der Waals surface area contributed by atoms with Crippen LogP contribution in [0.15, 0.2) is 5.16 Å². The lowest BCUT2D eigenvalue weighted by Crippen LogP contribution is -1.89. The van der Waals surface area contributed by atoms with E-state index in [4.69, 9.17) is 16.8 Å². The van der Waals surface area contributed by atoms with Gasteiger partial charge in [0.05, 0.1) is 11.6 Å². The molecule has 0 aromatic rings. The minimum absolute atomic E-state index is 0.302. The third-order valence-electron chi connectivity index (χ3n) is 0.364. The van der Waals surface area contributed by atoms with Crippen LogP contribution >= 0.6 is 11.6 Å². The van der Waals surface area contributed by atoms with Crippen LogP contribution in [0.2, 0.25) is 0 Å². The molecule has 0 rings (SSSR count). The first-order chi connectivity index (χ1) is 2.81. The van der Waals surface area contributed by atoms with Gasteiger partial charge in [-0.05, 0) is 6.92 Å². The van der Waals surface area contributed by atoms with Crippen molar-refractivity contribution in [3.8, 4) is 0 Å². The Balaban J connectivity index is 3.22. The average Bonchev–Trinajstić information content (AvgIpc) is 1.65. The zero-order valence-corrected chi connectivity index (χ0v) is 4.24. The molecule has 6 heavy (non-hydrogen) atoms. The first kappa shape index (κ1) is 5.76. The monoisotopic (exact) mass is 107 g/mol. The van der Waals surface area contributed by atoms with E-state index in [-0.39, 0.29) is 0 Å². The molecule has 0 bridgehead atoms. The fraction of sp³-hybridized carbons (Fsp3) is 0.667. The molecule has 0 aliphatic carbocycles. The van der Waals surface area contributed by atoms with Gasteiger partial charge in [-0.25, -0.2) is 0 Å². The van der Waals surface area contributed by atoms with E-state index in [1.54, 1.807) is 6.92 Å². The van der Waals surface area contributed by atoms with Crippen LogP contribution in [0.25, 0.3) is 0 Å². The first-order valence-electron chi connectivity index (χ1n) is 1.54. The maximum atomic E-state index is 7.84. The topological polar surface area (TPSA) is 32.6 Å². The molecule has 0 atom stereocenters. The first-order valence-corrected chi connectivity index (χ1v) is 2.08. The summed E-state index contributed by atoms with van der Waals surface area (Å²) >= 11 is 5.16. The maximum absolute atomic E-state index is 7.84. The van der Waals surface area contributed by atoms with Crippen molar-refractivity contribution in [2.45, 2.75) is 6.92 Å². The summed E-state index contributed by atoms with van der Waals surface area (Å²) in [5, 5.41) is 10.6. The molecule has 0 heterocycles. The lowest BCUT2D eigenvalue weighted by atomic mass is 10.5. The number of rotatable bonds is 1. The Morgan fingerprint density at radius 2 is 2.50 bits per heavy atom. The highest BCUT2D eigenvalue weighted by molar-refractivity contribution is 6.28. The quantitative estimate of drug-likeness (QED) is 0.231. The summed E-state index contributed by atoms with van der Waals surface area (Å²) in [6.07, 6.45) is 0. The fourth-order valence-electron chi connectivity index (χ4n) is 0.0267. The van der Waals surface area contributed by atoms with Gasteiger partial charge in [0.2, 0.25) is 0 Å². The Kier molecular flexibility index (Phi) is 2.85. The Hall–Kier alpha value is -0.240. The van der Waals surface area contributed by atoms with Crippen LogP contribution in [0.1, 0.15) is 6.92 Å². The number of halogens is 1. The molecule has 0 saturated carbocycles. The van der Waals surface area contributed by atoms with Gasteiger partial charge in [-0.15, -0.1) is 11.6 Å². The molecule has 0 saturated heterocycles. The zero-order chi connectivity index (χ0) is 4.99. The normalized spacial score (nSPS) is 12.0. The molecular weight excluding hydrogens is 101 g/mol. The minimum atomic E-state index is 0.302. The van der Waals surface area contributed by atoms with Crippen LogP contribution in [0.3, 0.4) is 0 Å². The molecule has 1 N–H and O–H groups in total. The molecule has 0 unspecified atom stereocenters. The standard InChI is InChI=1S/C3H6ClNO/c1-3(2-4)5-6/h6H,2H2,1H3/b5-3+. The summed E-state index contributed by atoms with van der Waals surface area (Å²) in [5.74, 6) is 0.302. The van der Waals surface area contributed by atoms with Crippen molar-refractivity contribution in [3.63, 3.8) is 0 Å². The zero-order valence-electron chi connectivity index (χ0n) is 3.48. The Morgan fingerprint density at radius 3 is 2.50 bits per heavy atom. The van der Waals surface area contributed by atoms with Gasteiger partial charge in [0.15, 0.2) is 0 Å². The van der Waals surface area contributed by atoms with Crippen molar-refractivity contribution in [1.82, 2.24) is 0 Å². The van der Waals surface area contributed by atoms with Gasteiger partial charge in [0.25, 0.3) is 0 Å². The second kappa shape index (κ2) is 2.97. The molecule has 3 heteroatoms. The Labute approximate surface area is 41.4 Å². The van der Waals surface area contributed by atoms with Crippen LogP contribution in [0.4, 0.5) is 0 Å². The molecule has 0 spiro atoms. The van der Waals surface area contributed by atoms with E-state index in [9.17, 15) is 0 Å². The second-order valence-electron chi connectivity index (χ2n) is 0.969. The Morgan fingerprint density at radius 1 is 2.00 bits per heavy atom. The molecule has 2 nitrogen and oxygen atoms in total. The highest BCUT2D eigenvalue weighted by Gasteiger charge is 1.80. The van der Waals surface area contributed by atoms with Crippen LogP contribution in [-0.4, -0.2) is 16.8 Å². The lowest BCUT2D eigenvalue weighted by Gasteiger charge is -1.80. The summed E-state index contributed by atoms with van der Waals surface area (Å²) in [7, 11) is 0. The van der Waals surface area contributed by atoms with Gasteiger partial charge in [-0.3, -0.25) is 0 Å². The minimum Gasteiger partial charge on any atom is -0.411 e. The number of alkyl halides is 1. The molecule has 0 aromatic carbocycles. The van der Waals surface area contributed by atoms with E-state index < -0.39 is 0 Å². The van der Waals surface area contributed by atoms with Gasteiger partial charge in [0, 0.05) is 0 Å². The lowest BCUT2D eigenvalue weighted by molar-refractivity contribution is 0.318. The van der Waals surface area contributed by atoms with Gasteiger partial charge < -0.3 is 5.21 Å². The fourth-order valence-corrected chi connectivity index (χ4v) is 0.0802. The van der Waals surface area contributed by atoms with Crippen molar-refractivity contribution in [2.24, 2.45) is 5.16 Å². The number of hydrogen-bond acceptors (Lipinski definition) is 2. The van der Waals surface area contributed by atoms with E-state index in [0.29, 0.717) is 11.6 Å². The second-order valence-corrected chi connectivity index (χ2v) is 1.24. The maximum Gasteiger partial charge on any atom is 0.0687 e. The molecule has 0 amide bonds. The van der Waals surface area contributed by atoms with Gasteiger partial charge in [-0.1, -0.05) is 5.16 Å². The summed E-state index contributed by atoms with van der Waals surface area (Å²) in [5.41, 5.74) is 0.539. The summed E-state index contributed by atoms with van der Waals surface area (Å²) in [6.45, 7) is 1.65. The Bertz CT molecular complexity index is 61.8. The van der Waals surface area contributed by atoms with Crippen LogP contribution in [-0.2, 0) is 0 Å². The number of oxime groups is 1. The van der Waals surface area contributed by atoms with E-state index in [0.717, 1.165) is 0 Å². The van der Waals surface area contributed by atoms with Gasteiger partial charge >= 0.3 is 0 Å². The highest BCUT2D eigenvalue weighted by Crippen LogP contribution is 1.77. The number of hydrogen-bond donors (Lipinski definition) is 1. The van der Waals surface area contributed by atoms with Gasteiger partial charge in [-0.2, -0.15) is 0 Å².